The first kappa shape index (κ1) is 19.4. The maximum atomic E-state index is 13.6. The summed E-state index contributed by atoms with van der Waals surface area (Å²) in [6.45, 7) is 0.630. The SMILES string of the molecule is Fc1ccc2c(c1)[C@@H](Cn1cnc(-c3cc(-c4n[nH]nc4C(F)(F)F)ccn3)c1)CC2. The first-order valence-corrected chi connectivity index (χ1v) is 9.63. The van der Waals surface area contributed by atoms with Gasteiger partial charge >= 0.3 is 6.18 Å². The van der Waals surface area contributed by atoms with Crippen LogP contribution in [0.5, 0.6) is 0 Å². The molecule has 0 bridgehead atoms. The average Bonchev–Trinajstić information content (AvgIpc) is 3.48. The molecule has 1 aromatic carbocycles. The van der Waals surface area contributed by atoms with E-state index >= 15 is 0 Å². The van der Waals surface area contributed by atoms with Gasteiger partial charge in [0.15, 0.2) is 5.69 Å². The second kappa shape index (κ2) is 7.29. The van der Waals surface area contributed by atoms with Gasteiger partial charge in [-0.25, -0.2) is 9.37 Å². The number of rotatable bonds is 4. The largest absolute Gasteiger partial charge is 0.437 e. The van der Waals surface area contributed by atoms with Crippen molar-refractivity contribution in [3.8, 4) is 22.6 Å². The summed E-state index contributed by atoms with van der Waals surface area (Å²) < 4.78 is 55.0. The second-order valence-electron chi connectivity index (χ2n) is 7.48. The third kappa shape index (κ3) is 3.69. The Morgan fingerprint density at radius 2 is 1.94 bits per heavy atom. The molecule has 6 nitrogen and oxygen atoms in total. The van der Waals surface area contributed by atoms with E-state index in [4.69, 9.17) is 0 Å². The maximum absolute atomic E-state index is 13.6. The first-order valence-electron chi connectivity index (χ1n) is 9.63. The molecule has 3 aromatic heterocycles. The molecule has 0 fully saturated rings. The summed E-state index contributed by atoms with van der Waals surface area (Å²) in [5, 5.41) is 8.91. The fourth-order valence-electron chi connectivity index (χ4n) is 4.04. The van der Waals surface area contributed by atoms with Crippen molar-refractivity contribution in [1.29, 1.82) is 0 Å². The summed E-state index contributed by atoms with van der Waals surface area (Å²) in [5.74, 6) is -0.0689. The monoisotopic (exact) mass is 428 g/mol. The van der Waals surface area contributed by atoms with Gasteiger partial charge < -0.3 is 4.57 Å². The van der Waals surface area contributed by atoms with Crippen LogP contribution < -0.4 is 0 Å². The number of aromatic nitrogens is 6. The van der Waals surface area contributed by atoms with Crippen LogP contribution in [0.15, 0.2) is 49.1 Å². The molecule has 0 radical (unpaired) electrons. The van der Waals surface area contributed by atoms with Crippen LogP contribution >= 0.6 is 0 Å². The van der Waals surface area contributed by atoms with Gasteiger partial charge in [-0.15, -0.1) is 0 Å². The van der Waals surface area contributed by atoms with Crippen molar-refractivity contribution in [3.63, 3.8) is 0 Å². The highest BCUT2D eigenvalue weighted by molar-refractivity contribution is 5.67. The van der Waals surface area contributed by atoms with Gasteiger partial charge in [-0.05, 0) is 48.2 Å². The molecule has 0 amide bonds. The van der Waals surface area contributed by atoms with E-state index in [-0.39, 0.29) is 23.0 Å². The molecule has 10 heteroatoms. The number of pyridine rings is 1. The topological polar surface area (TPSA) is 72.3 Å². The zero-order valence-electron chi connectivity index (χ0n) is 16.1. The standard InChI is InChI=1S/C21H16F4N6/c22-15-4-3-12-1-2-14(16(12)8-15)9-31-10-18(27-11-31)17-7-13(5-6-26-17)19-20(21(23,24)25)29-30-28-19/h3-8,10-11,14H,1-2,9H2,(H,28,29,30)/t14-/m1/s1. The summed E-state index contributed by atoms with van der Waals surface area (Å²) in [4.78, 5) is 8.59. The molecule has 3 heterocycles. The van der Waals surface area contributed by atoms with Crippen molar-refractivity contribution in [2.24, 2.45) is 0 Å². The molecule has 1 N–H and O–H groups in total. The highest BCUT2D eigenvalue weighted by Gasteiger charge is 2.38. The van der Waals surface area contributed by atoms with Crippen LogP contribution in [0.4, 0.5) is 17.6 Å². The minimum Gasteiger partial charge on any atom is -0.336 e. The highest BCUT2D eigenvalue weighted by Crippen LogP contribution is 2.36. The molecule has 4 aromatic rings. The number of aromatic amines is 1. The molecule has 5 rings (SSSR count). The van der Waals surface area contributed by atoms with E-state index in [0.29, 0.717) is 17.9 Å². The van der Waals surface area contributed by atoms with Gasteiger partial charge in [-0.3, -0.25) is 4.98 Å². The zero-order valence-corrected chi connectivity index (χ0v) is 16.1. The summed E-state index contributed by atoms with van der Waals surface area (Å²) in [6, 6.07) is 7.84. The van der Waals surface area contributed by atoms with E-state index in [1.807, 2.05) is 15.8 Å². The molecule has 0 unspecified atom stereocenters. The van der Waals surface area contributed by atoms with Gasteiger partial charge in [0.25, 0.3) is 0 Å². The van der Waals surface area contributed by atoms with E-state index in [0.717, 1.165) is 24.0 Å². The Morgan fingerprint density at radius 1 is 1.06 bits per heavy atom. The van der Waals surface area contributed by atoms with Crippen molar-refractivity contribution in [2.75, 3.05) is 0 Å². The van der Waals surface area contributed by atoms with Crippen LogP contribution in [0, 0.1) is 5.82 Å². The Morgan fingerprint density at radius 3 is 2.77 bits per heavy atom. The van der Waals surface area contributed by atoms with Crippen LogP contribution in [0.3, 0.4) is 0 Å². The third-order valence-corrected chi connectivity index (χ3v) is 5.49. The summed E-state index contributed by atoms with van der Waals surface area (Å²) in [6.07, 6.45) is 2.06. The summed E-state index contributed by atoms with van der Waals surface area (Å²) in [7, 11) is 0. The van der Waals surface area contributed by atoms with Gasteiger partial charge in [0.05, 0.1) is 12.0 Å². The number of imidazole rings is 1. The predicted octanol–water partition coefficient (Wildman–Crippen LogP) is 4.62. The fourth-order valence-corrected chi connectivity index (χ4v) is 4.04. The van der Waals surface area contributed by atoms with Gasteiger partial charge in [0, 0.05) is 30.4 Å². The molecule has 1 aliphatic rings. The lowest BCUT2D eigenvalue weighted by atomic mass is 10.0. The number of H-pyrrole nitrogens is 1. The Labute approximate surface area is 174 Å². The van der Waals surface area contributed by atoms with Crippen molar-refractivity contribution in [2.45, 2.75) is 31.5 Å². The lowest BCUT2D eigenvalue weighted by molar-refractivity contribution is -0.140. The van der Waals surface area contributed by atoms with Gasteiger partial charge in [-0.2, -0.15) is 28.6 Å². The smallest absolute Gasteiger partial charge is 0.336 e. The normalized spacial score (nSPS) is 15.9. The summed E-state index contributed by atoms with van der Waals surface area (Å²) >= 11 is 0. The number of nitrogens with zero attached hydrogens (tertiary/aromatic N) is 5. The van der Waals surface area contributed by atoms with Crippen LogP contribution in [-0.2, 0) is 19.1 Å². The van der Waals surface area contributed by atoms with Crippen LogP contribution in [0.2, 0.25) is 0 Å². The zero-order chi connectivity index (χ0) is 21.6. The van der Waals surface area contributed by atoms with Crippen molar-refractivity contribution in [3.05, 3.63) is 71.7 Å². The molecule has 0 saturated carbocycles. The minimum atomic E-state index is -4.62. The number of nitrogens with one attached hydrogen (secondary N) is 1. The third-order valence-electron chi connectivity index (χ3n) is 5.49. The van der Waals surface area contributed by atoms with Crippen LogP contribution in [0.25, 0.3) is 22.6 Å². The van der Waals surface area contributed by atoms with Crippen molar-refractivity contribution in [1.82, 2.24) is 29.9 Å². The quantitative estimate of drug-likeness (QED) is 0.482. The molecule has 1 aliphatic carbocycles. The minimum absolute atomic E-state index is 0.177. The average molecular weight is 428 g/mol. The summed E-state index contributed by atoms with van der Waals surface area (Å²) in [5.41, 5.74) is 1.99. The molecule has 1 atom stereocenters. The molecule has 0 spiro atoms. The van der Waals surface area contributed by atoms with Crippen molar-refractivity contribution >= 4 is 0 Å². The van der Waals surface area contributed by atoms with Crippen molar-refractivity contribution < 1.29 is 17.6 Å². The van der Waals surface area contributed by atoms with E-state index in [2.05, 4.69) is 20.2 Å². The number of fused-ring (bicyclic) bond motifs is 1. The Balaban J connectivity index is 1.40. The van der Waals surface area contributed by atoms with Gasteiger partial charge in [-0.1, -0.05) is 6.07 Å². The van der Waals surface area contributed by atoms with Gasteiger partial charge in [0.1, 0.15) is 17.2 Å². The lowest BCUT2D eigenvalue weighted by Crippen LogP contribution is -2.07. The van der Waals surface area contributed by atoms with E-state index < -0.39 is 11.9 Å². The molecular weight excluding hydrogens is 412 g/mol. The number of alkyl halides is 3. The number of benzene rings is 1. The predicted molar refractivity (Wildman–Crippen MR) is 103 cm³/mol. The lowest BCUT2D eigenvalue weighted by Gasteiger charge is -2.12. The number of hydrogen-bond acceptors (Lipinski definition) is 4. The second-order valence-corrected chi connectivity index (χ2v) is 7.48. The maximum Gasteiger partial charge on any atom is 0.437 e. The first-order chi connectivity index (χ1) is 14.9. The molecular formula is C21H16F4N6. The highest BCUT2D eigenvalue weighted by atomic mass is 19.4. The molecule has 0 saturated heterocycles. The molecule has 0 aliphatic heterocycles. The Kier molecular flexibility index (Phi) is 4.57. The fraction of sp³-hybridized carbons (Fsp3) is 0.238. The van der Waals surface area contributed by atoms with Gasteiger partial charge in [0.2, 0.25) is 0 Å². The van der Waals surface area contributed by atoms with E-state index in [9.17, 15) is 17.6 Å². The van der Waals surface area contributed by atoms with Crippen LogP contribution in [-0.4, -0.2) is 29.9 Å². The van der Waals surface area contributed by atoms with Crippen LogP contribution in [0.1, 0.15) is 29.2 Å². The number of aryl methyl sites for hydroxylation is 1. The molecule has 31 heavy (non-hydrogen) atoms. The number of hydrogen-bond donors (Lipinski definition) is 1. The Hall–Kier alpha value is -3.56. The van der Waals surface area contributed by atoms with E-state index in [1.165, 1.54) is 24.4 Å². The Bertz CT molecular complexity index is 1240. The number of halogens is 4. The molecule has 158 valence electrons. The van der Waals surface area contributed by atoms with E-state index in [1.54, 1.807) is 18.6 Å².